The molecule has 9 heteroatoms. The van der Waals surface area contributed by atoms with E-state index in [4.69, 9.17) is 18.9 Å². The van der Waals surface area contributed by atoms with Gasteiger partial charge in [-0.25, -0.2) is 4.39 Å². The molecule has 1 saturated heterocycles. The van der Waals surface area contributed by atoms with Crippen molar-refractivity contribution in [2.75, 3.05) is 33.6 Å². The summed E-state index contributed by atoms with van der Waals surface area (Å²) >= 11 is 0. The fourth-order valence-corrected chi connectivity index (χ4v) is 3.86. The van der Waals surface area contributed by atoms with E-state index in [2.05, 4.69) is 40.7 Å². The number of hydrogen-bond acceptors (Lipinski definition) is 5. The number of fused-ring (bicyclic) bond motifs is 1. The van der Waals surface area contributed by atoms with Crippen LogP contribution in [0.3, 0.4) is 0 Å². The summed E-state index contributed by atoms with van der Waals surface area (Å²) < 4.78 is 36.4. The number of halogens is 2. The Bertz CT molecular complexity index is 967. The van der Waals surface area contributed by atoms with Crippen LogP contribution in [0.2, 0.25) is 0 Å². The zero-order valence-corrected chi connectivity index (χ0v) is 21.3. The predicted molar refractivity (Wildman–Crippen MR) is 135 cm³/mol. The van der Waals surface area contributed by atoms with E-state index in [0.29, 0.717) is 38.7 Å². The molecular formula is C24H31FIN3O4. The summed E-state index contributed by atoms with van der Waals surface area (Å²) in [5, 5.41) is 6.62. The first-order valence-corrected chi connectivity index (χ1v) is 10.9. The van der Waals surface area contributed by atoms with E-state index in [0.717, 1.165) is 46.8 Å². The molecule has 0 saturated carbocycles. The Morgan fingerprint density at radius 3 is 2.85 bits per heavy atom. The minimum absolute atomic E-state index is 0. The number of hydrogen-bond donors (Lipinski definition) is 2. The average Bonchev–Trinajstić information content (AvgIpc) is 3.30. The maximum atomic E-state index is 13.9. The molecule has 2 N–H and O–H groups in total. The highest BCUT2D eigenvalue weighted by Gasteiger charge is 2.19. The molecule has 2 aliphatic heterocycles. The number of guanidine groups is 1. The number of rotatable bonds is 7. The summed E-state index contributed by atoms with van der Waals surface area (Å²) in [7, 11) is 1.72. The molecule has 1 atom stereocenters. The third-order valence-corrected chi connectivity index (χ3v) is 5.51. The fraction of sp³-hybridized carbons (Fsp3) is 0.458. The SMILES string of the molecule is CN=C(NCCc1cc(F)cc2c1OCOC2)NCc1ccc(C)cc1OC1CCOC1.I. The van der Waals surface area contributed by atoms with Crippen molar-refractivity contribution >= 4 is 29.9 Å². The normalized spacial score (nSPS) is 17.5. The van der Waals surface area contributed by atoms with Gasteiger partial charge in [0.2, 0.25) is 0 Å². The first kappa shape index (κ1) is 25.5. The molecule has 0 aliphatic carbocycles. The second-order valence-electron chi connectivity index (χ2n) is 7.98. The maximum absolute atomic E-state index is 13.9. The molecule has 2 heterocycles. The summed E-state index contributed by atoms with van der Waals surface area (Å²) in [6, 6.07) is 9.18. The first-order valence-electron chi connectivity index (χ1n) is 10.9. The molecular weight excluding hydrogens is 540 g/mol. The molecule has 0 radical (unpaired) electrons. The van der Waals surface area contributed by atoms with Crippen molar-refractivity contribution in [1.82, 2.24) is 10.6 Å². The van der Waals surface area contributed by atoms with Crippen LogP contribution in [-0.2, 0) is 29.0 Å². The van der Waals surface area contributed by atoms with Crippen molar-refractivity contribution in [3.63, 3.8) is 0 Å². The maximum Gasteiger partial charge on any atom is 0.191 e. The van der Waals surface area contributed by atoms with Crippen LogP contribution >= 0.6 is 24.0 Å². The third-order valence-electron chi connectivity index (χ3n) is 5.51. The Morgan fingerprint density at radius 2 is 2.06 bits per heavy atom. The number of aryl methyl sites for hydroxylation is 1. The van der Waals surface area contributed by atoms with E-state index >= 15 is 0 Å². The number of benzene rings is 2. The van der Waals surface area contributed by atoms with Gasteiger partial charge >= 0.3 is 0 Å². The number of aliphatic imine (C=N–C) groups is 1. The highest BCUT2D eigenvalue weighted by atomic mass is 127. The lowest BCUT2D eigenvalue weighted by atomic mass is 10.1. The number of nitrogens with one attached hydrogen (secondary N) is 2. The van der Waals surface area contributed by atoms with Crippen LogP contribution in [0.5, 0.6) is 11.5 Å². The molecule has 180 valence electrons. The van der Waals surface area contributed by atoms with Gasteiger partial charge in [0.15, 0.2) is 12.8 Å². The van der Waals surface area contributed by atoms with E-state index in [9.17, 15) is 4.39 Å². The number of nitrogens with zero attached hydrogens (tertiary/aromatic N) is 1. The molecule has 2 aromatic carbocycles. The summed E-state index contributed by atoms with van der Waals surface area (Å²) in [4.78, 5) is 4.30. The Kier molecular flexibility index (Phi) is 9.57. The highest BCUT2D eigenvalue weighted by molar-refractivity contribution is 14.0. The topological polar surface area (TPSA) is 73.3 Å². The Balaban J connectivity index is 0.00000306. The van der Waals surface area contributed by atoms with Gasteiger partial charge < -0.3 is 29.6 Å². The van der Waals surface area contributed by atoms with Crippen molar-refractivity contribution < 1.29 is 23.3 Å². The van der Waals surface area contributed by atoms with Crippen molar-refractivity contribution in [1.29, 1.82) is 0 Å². The van der Waals surface area contributed by atoms with Crippen LogP contribution in [0.1, 0.15) is 28.7 Å². The van der Waals surface area contributed by atoms with Gasteiger partial charge in [-0.05, 0) is 42.7 Å². The van der Waals surface area contributed by atoms with Gasteiger partial charge in [-0.1, -0.05) is 12.1 Å². The average molecular weight is 571 g/mol. The monoisotopic (exact) mass is 571 g/mol. The van der Waals surface area contributed by atoms with Crippen molar-refractivity contribution in [3.05, 3.63) is 58.4 Å². The molecule has 0 amide bonds. The molecule has 0 bridgehead atoms. The van der Waals surface area contributed by atoms with Gasteiger partial charge in [0.25, 0.3) is 0 Å². The van der Waals surface area contributed by atoms with Gasteiger partial charge in [-0.2, -0.15) is 0 Å². The molecule has 2 aromatic rings. The predicted octanol–water partition coefficient (Wildman–Crippen LogP) is 3.69. The van der Waals surface area contributed by atoms with Crippen LogP contribution in [0.15, 0.2) is 35.3 Å². The van der Waals surface area contributed by atoms with Crippen LogP contribution < -0.4 is 20.1 Å². The van der Waals surface area contributed by atoms with E-state index < -0.39 is 0 Å². The second kappa shape index (κ2) is 12.4. The summed E-state index contributed by atoms with van der Waals surface area (Å²) in [6.45, 7) is 5.13. The molecule has 0 spiro atoms. The zero-order chi connectivity index (χ0) is 22.3. The molecule has 2 aliphatic rings. The largest absolute Gasteiger partial charge is 0.488 e. The van der Waals surface area contributed by atoms with E-state index in [1.165, 1.54) is 12.1 Å². The van der Waals surface area contributed by atoms with E-state index in [1.54, 1.807) is 7.05 Å². The molecule has 4 rings (SSSR count). The van der Waals surface area contributed by atoms with Crippen molar-refractivity contribution in [2.45, 2.75) is 39.0 Å². The lowest BCUT2D eigenvalue weighted by Crippen LogP contribution is -2.38. The van der Waals surface area contributed by atoms with Crippen molar-refractivity contribution in [3.8, 4) is 11.5 Å². The van der Waals surface area contributed by atoms with Crippen molar-refractivity contribution in [2.24, 2.45) is 4.99 Å². The summed E-state index contributed by atoms with van der Waals surface area (Å²) in [5.74, 6) is 1.97. The van der Waals surface area contributed by atoms with Crippen LogP contribution in [-0.4, -0.2) is 45.7 Å². The lowest BCUT2D eigenvalue weighted by Gasteiger charge is -2.21. The first-order chi connectivity index (χ1) is 15.6. The quantitative estimate of drug-likeness (QED) is 0.300. The molecule has 33 heavy (non-hydrogen) atoms. The summed E-state index contributed by atoms with van der Waals surface area (Å²) in [5.41, 5.74) is 3.77. The second-order valence-corrected chi connectivity index (χ2v) is 7.98. The molecule has 1 fully saturated rings. The smallest absolute Gasteiger partial charge is 0.191 e. The van der Waals surface area contributed by atoms with Gasteiger partial charge in [0.1, 0.15) is 23.4 Å². The summed E-state index contributed by atoms with van der Waals surface area (Å²) in [6.07, 6.45) is 1.60. The fourth-order valence-electron chi connectivity index (χ4n) is 3.86. The molecule has 7 nitrogen and oxygen atoms in total. The van der Waals surface area contributed by atoms with E-state index in [-0.39, 0.29) is 42.7 Å². The van der Waals surface area contributed by atoms with E-state index in [1.807, 2.05) is 0 Å². The highest BCUT2D eigenvalue weighted by Crippen LogP contribution is 2.29. The standard InChI is InChI=1S/C24H30FN3O4.HI/c1-16-3-4-18(22(9-16)32-21-6-8-29-14-21)12-28-24(26-2)27-7-5-17-10-20(25)11-19-13-30-15-31-23(17)19;/h3-4,9-11,21H,5-8,12-15H2,1-2H3,(H2,26,27,28);1H. The lowest BCUT2D eigenvalue weighted by molar-refractivity contribution is -0.0172. The van der Waals surface area contributed by atoms with Crippen LogP contribution in [0.25, 0.3) is 0 Å². The van der Waals surface area contributed by atoms with Crippen LogP contribution in [0.4, 0.5) is 4.39 Å². The number of ether oxygens (including phenoxy) is 4. The Hall–Kier alpha value is -2.11. The van der Waals surface area contributed by atoms with Gasteiger partial charge in [-0.15, -0.1) is 24.0 Å². The Labute approximate surface area is 211 Å². The van der Waals surface area contributed by atoms with Gasteiger partial charge in [0.05, 0.1) is 19.8 Å². The molecule has 0 aromatic heterocycles. The third kappa shape index (κ3) is 6.94. The minimum atomic E-state index is -0.282. The zero-order valence-electron chi connectivity index (χ0n) is 19.0. The van der Waals surface area contributed by atoms with Gasteiger partial charge in [-0.3, -0.25) is 4.99 Å². The van der Waals surface area contributed by atoms with Crippen LogP contribution in [0, 0.1) is 12.7 Å². The van der Waals surface area contributed by atoms with Gasteiger partial charge in [0, 0.05) is 37.7 Å². The Morgan fingerprint density at radius 1 is 1.18 bits per heavy atom. The minimum Gasteiger partial charge on any atom is -0.488 e. The molecule has 1 unspecified atom stereocenters.